The van der Waals surface area contributed by atoms with Gasteiger partial charge in [0.25, 0.3) is 0 Å². The predicted octanol–water partition coefficient (Wildman–Crippen LogP) is 2.91. The third-order valence-corrected chi connectivity index (χ3v) is 4.04. The molecule has 1 rings (SSSR count). The van der Waals surface area contributed by atoms with Crippen LogP contribution >= 0.6 is 11.3 Å². The molecule has 1 amide bonds. The Morgan fingerprint density at radius 3 is 2.47 bits per heavy atom. The first-order valence-electron chi connectivity index (χ1n) is 6.20. The first-order chi connectivity index (χ1) is 8.71. The van der Waals surface area contributed by atoms with Crippen molar-refractivity contribution in [3.05, 3.63) is 21.9 Å². The summed E-state index contributed by atoms with van der Waals surface area (Å²) >= 11 is 1.64. The van der Waals surface area contributed by atoms with Gasteiger partial charge in [-0.15, -0.1) is 11.3 Å². The van der Waals surface area contributed by atoms with Crippen molar-refractivity contribution in [2.24, 2.45) is 5.41 Å². The minimum absolute atomic E-state index is 0.00457. The molecule has 106 valence electrons. The summed E-state index contributed by atoms with van der Waals surface area (Å²) in [5.41, 5.74) is 0.677. The minimum atomic E-state index is -0.866. The Kier molecular flexibility index (Phi) is 5.11. The molecule has 0 unspecified atom stereocenters. The van der Waals surface area contributed by atoms with Crippen molar-refractivity contribution in [2.75, 3.05) is 7.05 Å². The lowest BCUT2D eigenvalue weighted by atomic mass is 9.85. The highest BCUT2D eigenvalue weighted by molar-refractivity contribution is 7.10. The minimum Gasteiger partial charge on any atom is -0.481 e. The smallest absolute Gasteiger partial charge is 0.303 e. The number of thiophene rings is 1. The standard InChI is InChI=1S/C14H21NO3S/c1-10-5-6-19-11(10)9-15(4)12(16)7-14(2,3)8-13(17)18/h5-6H,7-9H2,1-4H3,(H,17,18). The summed E-state index contributed by atoms with van der Waals surface area (Å²) in [5.74, 6) is -0.881. The second-order valence-corrected chi connectivity index (χ2v) is 6.69. The Balaban J connectivity index is 2.58. The summed E-state index contributed by atoms with van der Waals surface area (Å²) in [7, 11) is 1.76. The molecule has 0 fully saturated rings. The molecule has 0 saturated heterocycles. The number of carbonyl (C=O) groups excluding carboxylic acids is 1. The zero-order valence-corrected chi connectivity index (χ0v) is 12.7. The van der Waals surface area contributed by atoms with E-state index in [2.05, 4.69) is 0 Å². The average molecular weight is 283 g/mol. The van der Waals surface area contributed by atoms with Gasteiger partial charge in [-0.2, -0.15) is 0 Å². The number of aryl methyl sites for hydroxylation is 1. The molecule has 0 bridgehead atoms. The van der Waals surface area contributed by atoms with Crippen LogP contribution in [0.2, 0.25) is 0 Å². The van der Waals surface area contributed by atoms with Crippen molar-refractivity contribution in [1.82, 2.24) is 4.90 Å². The van der Waals surface area contributed by atoms with Crippen molar-refractivity contribution in [3.63, 3.8) is 0 Å². The van der Waals surface area contributed by atoms with Gasteiger partial charge in [-0.05, 0) is 29.3 Å². The van der Waals surface area contributed by atoms with Crippen LogP contribution in [0.15, 0.2) is 11.4 Å². The number of hydrogen-bond acceptors (Lipinski definition) is 3. The van der Waals surface area contributed by atoms with Crippen LogP contribution in [0.25, 0.3) is 0 Å². The maximum Gasteiger partial charge on any atom is 0.303 e. The van der Waals surface area contributed by atoms with Gasteiger partial charge in [-0.25, -0.2) is 0 Å². The van der Waals surface area contributed by atoms with Gasteiger partial charge in [-0.1, -0.05) is 13.8 Å². The average Bonchev–Trinajstić information content (AvgIpc) is 2.61. The van der Waals surface area contributed by atoms with Gasteiger partial charge in [0.2, 0.25) is 5.91 Å². The van der Waals surface area contributed by atoms with Crippen molar-refractivity contribution >= 4 is 23.2 Å². The van der Waals surface area contributed by atoms with Crippen molar-refractivity contribution in [3.8, 4) is 0 Å². The normalized spacial score (nSPS) is 11.4. The van der Waals surface area contributed by atoms with E-state index >= 15 is 0 Å². The van der Waals surface area contributed by atoms with Crippen LogP contribution in [0.1, 0.15) is 37.1 Å². The van der Waals surface area contributed by atoms with E-state index in [1.54, 1.807) is 23.3 Å². The zero-order valence-electron chi connectivity index (χ0n) is 11.9. The zero-order chi connectivity index (χ0) is 14.6. The molecule has 0 aliphatic rings. The van der Waals surface area contributed by atoms with E-state index < -0.39 is 11.4 Å². The molecule has 1 aromatic heterocycles. The second-order valence-electron chi connectivity index (χ2n) is 5.69. The molecule has 0 saturated carbocycles. The maximum absolute atomic E-state index is 12.1. The Bertz CT molecular complexity index is 465. The number of nitrogens with zero attached hydrogens (tertiary/aromatic N) is 1. The van der Waals surface area contributed by atoms with E-state index in [1.807, 2.05) is 32.2 Å². The Morgan fingerprint density at radius 1 is 1.37 bits per heavy atom. The van der Waals surface area contributed by atoms with Crippen molar-refractivity contribution < 1.29 is 14.7 Å². The number of amides is 1. The van der Waals surface area contributed by atoms with Gasteiger partial charge in [-0.3, -0.25) is 9.59 Å². The topological polar surface area (TPSA) is 57.6 Å². The Morgan fingerprint density at radius 2 is 2.00 bits per heavy atom. The van der Waals surface area contributed by atoms with Crippen LogP contribution in [0.5, 0.6) is 0 Å². The van der Waals surface area contributed by atoms with Gasteiger partial charge in [0.1, 0.15) is 0 Å². The third-order valence-electron chi connectivity index (χ3n) is 3.03. The molecule has 0 radical (unpaired) electrons. The fourth-order valence-corrected chi connectivity index (χ4v) is 2.84. The molecule has 1 aromatic rings. The highest BCUT2D eigenvalue weighted by Gasteiger charge is 2.26. The van der Waals surface area contributed by atoms with Gasteiger partial charge < -0.3 is 10.0 Å². The monoisotopic (exact) mass is 283 g/mol. The van der Waals surface area contributed by atoms with Crippen LogP contribution in [0.4, 0.5) is 0 Å². The lowest BCUT2D eigenvalue weighted by Crippen LogP contribution is -2.31. The van der Waals surface area contributed by atoms with Gasteiger partial charge in [0.15, 0.2) is 0 Å². The number of hydrogen-bond donors (Lipinski definition) is 1. The van der Waals surface area contributed by atoms with Crippen LogP contribution in [0.3, 0.4) is 0 Å². The SMILES string of the molecule is Cc1ccsc1CN(C)C(=O)CC(C)(C)CC(=O)O. The number of aliphatic carboxylic acids is 1. The first-order valence-corrected chi connectivity index (χ1v) is 7.08. The van der Waals surface area contributed by atoms with E-state index in [0.29, 0.717) is 6.54 Å². The molecule has 0 atom stereocenters. The highest BCUT2D eigenvalue weighted by atomic mass is 32.1. The molecule has 1 heterocycles. The molecular weight excluding hydrogens is 262 g/mol. The van der Waals surface area contributed by atoms with Crippen LogP contribution < -0.4 is 0 Å². The van der Waals surface area contributed by atoms with Gasteiger partial charge >= 0.3 is 5.97 Å². The third kappa shape index (κ3) is 5.03. The summed E-state index contributed by atoms with van der Waals surface area (Å²) in [5, 5.41) is 10.8. The van der Waals surface area contributed by atoms with Crippen LogP contribution in [-0.2, 0) is 16.1 Å². The molecule has 0 aliphatic carbocycles. The van der Waals surface area contributed by atoms with Gasteiger partial charge in [0.05, 0.1) is 13.0 Å². The molecular formula is C14H21NO3S. The van der Waals surface area contributed by atoms with E-state index in [9.17, 15) is 9.59 Å². The predicted molar refractivity (Wildman–Crippen MR) is 76.2 cm³/mol. The molecule has 19 heavy (non-hydrogen) atoms. The summed E-state index contributed by atoms with van der Waals surface area (Å²) in [6.07, 6.45) is 0.255. The van der Waals surface area contributed by atoms with Gasteiger partial charge in [0, 0.05) is 18.3 Å². The van der Waals surface area contributed by atoms with Crippen molar-refractivity contribution in [1.29, 1.82) is 0 Å². The number of carbonyl (C=O) groups is 2. The Hall–Kier alpha value is -1.36. The largest absolute Gasteiger partial charge is 0.481 e. The van der Waals surface area contributed by atoms with E-state index in [1.165, 1.54) is 10.4 Å². The molecule has 5 heteroatoms. The maximum atomic E-state index is 12.1. The molecule has 0 aliphatic heterocycles. The lowest BCUT2D eigenvalue weighted by Gasteiger charge is -2.25. The highest BCUT2D eigenvalue weighted by Crippen LogP contribution is 2.26. The Labute approximate surface area is 118 Å². The fourth-order valence-electron chi connectivity index (χ4n) is 1.89. The van der Waals surface area contributed by atoms with E-state index in [0.717, 1.165) is 0 Å². The summed E-state index contributed by atoms with van der Waals surface area (Å²) in [6, 6.07) is 2.03. The molecule has 0 aromatic carbocycles. The van der Waals surface area contributed by atoms with Crippen LogP contribution in [0, 0.1) is 12.3 Å². The summed E-state index contributed by atoms with van der Waals surface area (Å²) in [4.78, 5) is 25.7. The lowest BCUT2D eigenvalue weighted by molar-refractivity contribution is -0.140. The van der Waals surface area contributed by atoms with Crippen LogP contribution in [-0.4, -0.2) is 28.9 Å². The number of carboxylic acids is 1. The number of rotatable bonds is 6. The molecule has 1 N–H and O–H groups in total. The number of carboxylic acid groups (broad SMARTS) is 1. The fraction of sp³-hybridized carbons (Fsp3) is 0.571. The summed E-state index contributed by atoms with van der Waals surface area (Å²) < 4.78 is 0. The van der Waals surface area contributed by atoms with E-state index in [-0.39, 0.29) is 18.7 Å². The second kappa shape index (κ2) is 6.19. The van der Waals surface area contributed by atoms with Crippen molar-refractivity contribution in [2.45, 2.75) is 40.2 Å². The summed E-state index contributed by atoms with van der Waals surface area (Å²) in [6.45, 7) is 6.23. The van der Waals surface area contributed by atoms with E-state index in [4.69, 9.17) is 5.11 Å². The first kappa shape index (κ1) is 15.7. The molecule has 0 spiro atoms. The quantitative estimate of drug-likeness (QED) is 0.873. The molecule has 4 nitrogen and oxygen atoms in total.